The van der Waals surface area contributed by atoms with Crippen LogP contribution in [-0.2, 0) is 14.4 Å². The standard InChI is InChI=1S/C20H15Cl2N3O5/c1-10(26)25-20(18(27)28,19(29)30)16-9-23-17(12-4-2-3-5-14(12)22)13-8-11(21)6-7-15(13)24-16/h2-8H,9H2,1H3,(H,25,26)(H,27,28)(H,29,30). The van der Waals surface area contributed by atoms with E-state index in [1.54, 1.807) is 30.3 Å². The zero-order chi connectivity index (χ0) is 22.1. The van der Waals surface area contributed by atoms with Crippen LogP contribution in [0.1, 0.15) is 18.1 Å². The molecule has 10 heteroatoms. The maximum Gasteiger partial charge on any atom is 0.347 e. The van der Waals surface area contributed by atoms with Crippen LogP contribution in [0.5, 0.6) is 0 Å². The van der Waals surface area contributed by atoms with Gasteiger partial charge in [-0.3, -0.25) is 14.8 Å². The van der Waals surface area contributed by atoms with Gasteiger partial charge in [0, 0.05) is 28.1 Å². The monoisotopic (exact) mass is 447 g/mol. The van der Waals surface area contributed by atoms with Crippen molar-refractivity contribution < 1.29 is 24.6 Å². The van der Waals surface area contributed by atoms with E-state index in [1.807, 2.05) is 5.32 Å². The van der Waals surface area contributed by atoms with Crippen LogP contribution < -0.4 is 5.32 Å². The van der Waals surface area contributed by atoms with Gasteiger partial charge in [-0.15, -0.1) is 0 Å². The summed E-state index contributed by atoms with van der Waals surface area (Å²) in [6.07, 6.45) is 0. The molecule has 0 saturated carbocycles. The minimum Gasteiger partial charge on any atom is -0.479 e. The molecule has 154 valence electrons. The van der Waals surface area contributed by atoms with E-state index in [9.17, 15) is 24.6 Å². The third-order valence-electron chi connectivity index (χ3n) is 4.42. The molecule has 0 aliphatic carbocycles. The summed E-state index contributed by atoms with van der Waals surface area (Å²) in [6, 6.07) is 11.5. The first kappa shape index (κ1) is 21.5. The number of carbonyl (C=O) groups excluding carboxylic acids is 1. The van der Waals surface area contributed by atoms with Gasteiger partial charge in [-0.25, -0.2) is 9.59 Å². The number of carboxylic acids is 2. The molecule has 0 radical (unpaired) electrons. The van der Waals surface area contributed by atoms with Crippen molar-refractivity contribution in [3.05, 3.63) is 63.6 Å². The number of rotatable bonds is 5. The highest BCUT2D eigenvalue weighted by Crippen LogP contribution is 2.32. The average molecular weight is 448 g/mol. The molecule has 0 bridgehead atoms. The fourth-order valence-electron chi connectivity index (χ4n) is 3.08. The summed E-state index contributed by atoms with van der Waals surface area (Å²) in [5.74, 6) is -4.44. The molecular weight excluding hydrogens is 433 g/mol. The fourth-order valence-corrected chi connectivity index (χ4v) is 3.48. The number of nitrogens with one attached hydrogen (secondary N) is 1. The van der Waals surface area contributed by atoms with Crippen molar-refractivity contribution in [3.8, 4) is 0 Å². The second kappa shape index (κ2) is 8.25. The van der Waals surface area contributed by atoms with Crippen LogP contribution in [0.25, 0.3) is 0 Å². The zero-order valence-electron chi connectivity index (χ0n) is 15.5. The Morgan fingerprint density at radius 3 is 2.30 bits per heavy atom. The number of carbonyl (C=O) groups is 3. The Hall–Kier alpha value is -3.23. The number of aliphatic carboxylic acids is 2. The maximum atomic E-state index is 12.0. The summed E-state index contributed by atoms with van der Waals surface area (Å²) in [6.45, 7) is 0.607. The first-order chi connectivity index (χ1) is 14.2. The number of hydrogen-bond donors (Lipinski definition) is 3. The van der Waals surface area contributed by atoms with Crippen LogP contribution in [0.4, 0.5) is 5.69 Å². The van der Waals surface area contributed by atoms with Gasteiger partial charge >= 0.3 is 11.9 Å². The van der Waals surface area contributed by atoms with Gasteiger partial charge in [-0.05, 0) is 24.3 Å². The minimum atomic E-state index is -2.79. The quantitative estimate of drug-likeness (QED) is 0.606. The van der Waals surface area contributed by atoms with Gasteiger partial charge in [0.15, 0.2) is 0 Å². The Kier molecular flexibility index (Phi) is 5.91. The number of amides is 1. The molecule has 0 aromatic heterocycles. The summed E-state index contributed by atoms with van der Waals surface area (Å²) < 4.78 is 0. The topological polar surface area (TPSA) is 128 Å². The van der Waals surface area contributed by atoms with Crippen molar-refractivity contribution in [2.45, 2.75) is 12.5 Å². The van der Waals surface area contributed by atoms with Crippen molar-refractivity contribution in [1.29, 1.82) is 0 Å². The summed E-state index contributed by atoms with van der Waals surface area (Å²) in [5.41, 5.74) is -1.58. The molecule has 3 rings (SSSR count). The highest BCUT2D eigenvalue weighted by atomic mass is 35.5. The first-order valence-electron chi connectivity index (χ1n) is 8.59. The van der Waals surface area contributed by atoms with E-state index in [-0.39, 0.29) is 11.4 Å². The van der Waals surface area contributed by atoms with Crippen molar-refractivity contribution in [2.24, 2.45) is 9.98 Å². The highest BCUT2D eigenvalue weighted by Gasteiger charge is 2.53. The molecule has 30 heavy (non-hydrogen) atoms. The van der Waals surface area contributed by atoms with Crippen LogP contribution in [-0.4, -0.2) is 51.6 Å². The SMILES string of the molecule is CC(=O)NC(C(=O)O)(C(=O)O)C1=Nc2ccc(Cl)cc2C(c2ccccc2Cl)=NC1. The van der Waals surface area contributed by atoms with Crippen molar-refractivity contribution in [3.63, 3.8) is 0 Å². The third-order valence-corrected chi connectivity index (χ3v) is 4.99. The van der Waals surface area contributed by atoms with Crippen LogP contribution in [0.3, 0.4) is 0 Å². The van der Waals surface area contributed by atoms with E-state index in [2.05, 4.69) is 9.98 Å². The first-order valence-corrected chi connectivity index (χ1v) is 9.35. The number of aliphatic imine (C=N–C) groups is 2. The summed E-state index contributed by atoms with van der Waals surface area (Å²) in [5, 5.41) is 22.2. The summed E-state index contributed by atoms with van der Waals surface area (Å²) in [4.78, 5) is 44.4. The smallest absolute Gasteiger partial charge is 0.347 e. The van der Waals surface area contributed by atoms with E-state index in [1.165, 1.54) is 12.1 Å². The lowest BCUT2D eigenvalue weighted by Gasteiger charge is -2.26. The van der Waals surface area contributed by atoms with E-state index in [4.69, 9.17) is 23.2 Å². The predicted octanol–water partition coefficient (Wildman–Crippen LogP) is 2.96. The Morgan fingerprint density at radius 1 is 1.03 bits per heavy atom. The van der Waals surface area contributed by atoms with Gasteiger partial charge < -0.3 is 15.5 Å². The maximum absolute atomic E-state index is 12.0. The summed E-state index contributed by atoms with van der Waals surface area (Å²) >= 11 is 12.5. The Labute approximate surface area is 180 Å². The van der Waals surface area contributed by atoms with Gasteiger partial charge in [-0.2, -0.15) is 0 Å². The van der Waals surface area contributed by atoms with E-state index in [0.29, 0.717) is 26.9 Å². The largest absolute Gasteiger partial charge is 0.479 e. The molecule has 0 spiro atoms. The molecule has 1 aliphatic heterocycles. The molecule has 1 aliphatic rings. The van der Waals surface area contributed by atoms with E-state index in [0.717, 1.165) is 6.92 Å². The number of hydrogen-bond acceptors (Lipinski definition) is 5. The minimum absolute atomic E-state index is 0.239. The molecule has 0 atom stereocenters. The van der Waals surface area contributed by atoms with Crippen molar-refractivity contribution in [1.82, 2.24) is 5.32 Å². The zero-order valence-corrected chi connectivity index (χ0v) is 17.0. The number of benzene rings is 2. The molecule has 8 nitrogen and oxygen atoms in total. The van der Waals surface area contributed by atoms with Gasteiger partial charge in [0.1, 0.15) is 0 Å². The Balaban J connectivity index is 2.29. The molecule has 2 aromatic rings. The normalized spacial score (nSPS) is 13.4. The van der Waals surface area contributed by atoms with Crippen LogP contribution in [0, 0.1) is 0 Å². The van der Waals surface area contributed by atoms with Gasteiger partial charge in [0.2, 0.25) is 5.91 Å². The molecule has 2 aromatic carbocycles. The lowest BCUT2D eigenvalue weighted by molar-refractivity contribution is -0.156. The fraction of sp³-hybridized carbons (Fsp3) is 0.150. The second-order valence-corrected chi connectivity index (χ2v) is 7.25. The Morgan fingerprint density at radius 2 is 1.70 bits per heavy atom. The van der Waals surface area contributed by atoms with Crippen molar-refractivity contribution >= 4 is 58.2 Å². The molecule has 1 amide bonds. The lowest BCUT2D eigenvalue weighted by atomic mass is 9.92. The van der Waals surface area contributed by atoms with Crippen LogP contribution >= 0.6 is 23.2 Å². The van der Waals surface area contributed by atoms with E-state index >= 15 is 0 Å². The lowest BCUT2D eigenvalue weighted by Crippen LogP contribution is -2.65. The molecule has 0 fully saturated rings. The van der Waals surface area contributed by atoms with Crippen molar-refractivity contribution in [2.75, 3.05) is 6.54 Å². The number of fused-ring (bicyclic) bond motifs is 1. The third kappa shape index (κ3) is 3.79. The average Bonchev–Trinajstić information content (AvgIpc) is 2.85. The second-order valence-electron chi connectivity index (χ2n) is 6.41. The molecule has 0 unspecified atom stereocenters. The number of halogens is 2. The van der Waals surface area contributed by atoms with Gasteiger partial charge in [0.05, 0.1) is 23.7 Å². The molecule has 0 saturated heterocycles. The highest BCUT2D eigenvalue weighted by molar-refractivity contribution is 6.37. The predicted molar refractivity (Wildman–Crippen MR) is 112 cm³/mol. The van der Waals surface area contributed by atoms with Gasteiger partial charge in [-0.1, -0.05) is 41.4 Å². The van der Waals surface area contributed by atoms with E-state index < -0.39 is 29.9 Å². The van der Waals surface area contributed by atoms with Gasteiger partial charge in [0.25, 0.3) is 5.54 Å². The molecule has 3 N–H and O–H groups in total. The number of nitrogens with zero attached hydrogens (tertiary/aromatic N) is 2. The summed E-state index contributed by atoms with van der Waals surface area (Å²) in [7, 11) is 0. The Bertz CT molecular complexity index is 1110. The molecular formula is C20H15Cl2N3O5. The molecule has 1 heterocycles. The van der Waals surface area contributed by atoms with Crippen LogP contribution in [0.2, 0.25) is 10.0 Å². The number of carboxylic acid groups (broad SMARTS) is 2. The van der Waals surface area contributed by atoms with Crippen LogP contribution in [0.15, 0.2) is 52.4 Å².